The summed E-state index contributed by atoms with van der Waals surface area (Å²) in [5.74, 6) is 1.54. The molecular weight excluding hydrogens is 363 g/mol. The van der Waals surface area contributed by atoms with Gasteiger partial charge in [0, 0.05) is 43.2 Å². The van der Waals surface area contributed by atoms with Crippen molar-refractivity contribution in [2.24, 2.45) is 0 Å². The van der Waals surface area contributed by atoms with Crippen LogP contribution in [0.15, 0.2) is 24.5 Å². The van der Waals surface area contributed by atoms with Crippen LogP contribution in [0.4, 0.5) is 10.2 Å². The van der Waals surface area contributed by atoms with E-state index in [4.69, 9.17) is 4.74 Å². The zero-order valence-electron chi connectivity index (χ0n) is 15.8. The van der Waals surface area contributed by atoms with Crippen molar-refractivity contribution in [3.8, 4) is 5.75 Å². The fraction of sp³-hybridized carbons (Fsp3) is 0.400. The number of hydrogen-bond acceptors (Lipinski definition) is 6. The van der Waals surface area contributed by atoms with Gasteiger partial charge in [-0.15, -0.1) is 11.3 Å². The van der Waals surface area contributed by atoms with Gasteiger partial charge >= 0.3 is 0 Å². The van der Waals surface area contributed by atoms with Gasteiger partial charge in [0.1, 0.15) is 28.5 Å². The lowest BCUT2D eigenvalue weighted by atomic mass is 10.1. The van der Waals surface area contributed by atoms with Crippen molar-refractivity contribution in [1.82, 2.24) is 14.9 Å². The summed E-state index contributed by atoms with van der Waals surface area (Å²) in [6.07, 6.45) is 1.66. The van der Waals surface area contributed by atoms with Gasteiger partial charge in [0.2, 0.25) is 0 Å². The molecule has 4 rings (SSSR count). The van der Waals surface area contributed by atoms with Gasteiger partial charge in [-0.25, -0.2) is 14.4 Å². The molecule has 142 valence electrons. The first-order chi connectivity index (χ1) is 13.1. The molecule has 0 atom stereocenters. The monoisotopic (exact) mass is 386 g/mol. The molecule has 5 nitrogen and oxygen atoms in total. The third-order valence-electron chi connectivity index (χ3n) is 5.25. The highest BCUT2D eigenvalue weighted by molar-refractivity contribution is 7.18. The first kappa shape index (κ1) is 18.1. The molecule has 0 amide bonds. The molecule has 7 heteroatoms. The van der Waals surface area contributed by atoms with Gasteiger partial charge in [-0.1, -0.05) is 0 Å². The van der Waals surface area contributed by atoms with Crippen LogP contribution in [-0.2, 0) is 6.54 Å². The third kappa shape index (κ3) is 3.49. The number of nitrogens with zero attached hydrogens (tertiary/aromatic N) is 4. The van der Waals surface area contributed by atoms with E-state index in [1.54, 1.807) is 36.9 Å². The highest BCUT2D eigenvalue weighted by Crippen LogP contribution is 2.34. The maximum Gasteiger partial charge on any atom is 0.141 e. The van der Waals surface area contributed by atoms with Crippen LogP contribution in [0.1, 0.15) is 16.0 Å². The van der Waals surface area contributed by atoms with Crippen LogP contribution < -0.4 is 9.64 Å². The number of piperazine rings is 1. The number of rotatable bonds is 4. The van der Waals surface area contributed by atoms with Crippen LogP contribution in [0.25, 0.3) is 10.2 Å². The highest BCUT2D eigenvalue weighted by atomic mass is 32.1. The van der Waals surface area contributed by atoms with E-state index in [2.05, 4.69) is 33.6 Å². The van der Waals surface area contributed by atoms with Crippen LogP contribution in [0, 0.1) is 19.7 Å². The molecule has 2 aromatic heterocycles. The average molecular weight is 386 g/mol. The van der Waals surface area contributed by atoms with E-state index in [9.17, 15) is 4.39 Å². The zero-order valence-corrected chi connectivity index (χ0v) is 16.6. The quantitative estimate of drug-likeness (QED) is 0.683. The number of aromatic nitrogens is 2. The van der Waals surface area contributed by atoms with E-state index in [0.29, 0.717) is 6.54 Å². The Bertz CT molecular complexity index is 966. The molecule has 3 aromatic rings. The number of halogens is 1. The predicted octanol–water partition coefficient (Wildman–Crippen LogP) is 3.78. The predicted molar refractivity (Wildman–Crippen MR) is 107 cm³/mol. The highest BCUT2D eigenvalue weighted by Gasteiger charge is 2.22. The number of methoxy groups -OCH3 is 1. The number of anilines is 1. The van der Waals surface area contributed by atoms with Crippen LogP contribution in [0.3, 0.4) is 0 Å². The summed E-state index contributed by atoms with van der Waals surface area (Å²) in [5, 5.41) is 1.18. The Hall–Kier alpha value is -2.25. The van der Waals surface area contributed by atoms with Gasteiger partial charge in [0.15, 0.2) is 0 Å². The van der Waals surface area contributed by atoms with E-state index in [0.717, 1.165) is 48.1 Å². The van der Waals surface area contributed by atoms with Gasteiger partial charge in [0.05, 0.1) is 12.5 Å². The largest absolute Gasteiger partial charge is 0.496 e. The molecule has 0 saturated carbocycles. The van der Waals surface area contributed by atoms with Gasteiger partial charge in [0.25, 0.3) is 0 Å². The van der Waals surface area contributed by atoms with E-state index >= 15 is 0 Å². The first-order valence-corrected chi connectivity index (χ1v) is 9.89. The number of ether oxygens (including phenoxy) is 1. The first-order valence-electron chi connectivity index (χ1n) is 9.07. The van der Waals surface area contributed by atoms with Crippen LogP contribution in [0.5, 0.6) is 5.75 Å². The van der Waals surface area contributed by atoms with Crippen LogP contribution in [0.2, 0.25) is 0 Å². The second kappa shape index (κ2) is 7.40. The second-order valence-electron chi connectivity index (χ2n) is 6.88. The summed E-state index contributed by atoms with van der Waals surface area (Å²) in [6.45, 7) is 8.53. The van der Waals surface area contributed by atoms with Crippen molar-refractivity contribution in [3.05, 3.63) is 46.3 Å². The molecule has 0 bridgehead atoms. The molecule has 1 fully saturated rings. The molecule has 0 N–H and O–H groups in total. The Morgan fingerprint density at radius 3 is 2.67 bits per heavy atom. The lowest BCUT2D eigenvalue weighted by Gasteiger charge is -2.35. The van der Waals surface area contributed by atoms with Crippen molar-refractivity contribution >= 4 is 27.4 Å². The number of fused-ring (bicyclic) bond motifs is 1. The fourth-order valence-electron chi connectivity index (χ4n) is 3.63. The Balaban J connectivity index is 1.49. The average Bonchev–Trinajstić information content (AvgIpc) is 2.97. The Morgan fingerprint density at radius 2 is 1.93 bits per heavy atom. The SMILES string of the molecule is COc1ccc(F)cc1CN1CCN(c2ncnc3sc(C)c(C)c23)CC1. The summed E-state index contributed by atoms with van der Waals surface area (Å²) in [7, 11) is 1.63. The second-order valence-corrected chi connectivity index (χ2v) is 8.08. The minimum atomic E-state index is -0.226. The third-order valence-corrected chi connectivity index (χ3v) is 6.37. The van der Waals surface area contributed by atoms with Crippen LogP contribution >= 0.6 is 11.3 Å². The minimum absolute atomic E-state index is 0.226. The van der Waals surface area contributed by atoms with Crippen molar-refractivity contribution in [2.45, 2.75) is 20.4 Å². The number of thiophene rings is 1. The molecule has 1 aliphatic heterocycles. The molecule has 0 radical (unpaired) electrons. The van der Waals surface area contributed by atoms with E-state index in [-0.39, 0.29) is 5.82 Å². The lowest BCUT2D eigenvalue weighted by molar-refractivity contribution is 0.245. The smallest absolute Gasteiger partial charge is 0.141 e. The number of hydrogen-bond donors (Lipinski definition) is 0. The summed E-state index contributed by atoms with van der Waals surface area (Å²) in [6, 6.07) is 4.70. The normalized spacial score (nSPS) is 15.5. The van der Waals surface area contributed by atoms with Gasteiger partial charge in [-0.2, -0.15) is 0 Å². The van der Waals surface area contributed by atoms with Crippen molar-refractivity contribution in [1.29, 1.82) is 0 Å². The molecule has 3 heterocycles. The van der Waals surface area contributed by atoms with E-state index in [1.165, 1.54) is 21.9 Å². The summed E-state index contributed by atoms with van der Waals surface area (Å²) in [4.78, 5) is 16.0. The minimum Gasteiger partial charge on any atom is -0.496 e. The van der Waals surface area contributed by atoms with E-state index in [1.807, 2.05) is 0 Å². The molecule has 0 aliphatic carbocycles. The molecule has 27 heavy (non-hydrogen) atoms. The molecule has 0 spiro atoms. The maximum absolute atomic E-state index is 13.6. The molecule has 1 aromatic carbocycles. The van der Waals surface area contributed by atoms with Crippen LogP contribution in [-0.4, -0.2) is 48.2 Å². The van der Waals surface area contributed by atoms with Crippen molar-refractivity contribution in [2.75, 3.05) is 38.2 Å². The summed E-state index contributed by atoms with van der Waals surface area (Å²) >= 11 is 1.73. The molecule has 1 aliphatic rings. The fourth-order valence-corrected chi connectivity index (χ4v) is 4.62. The standard InChI is InChI=1S/C20H23FN4OS/c1-13-14(2)27-20-18(13)19(22-12-23-20)25-8-6-24(7-9-25)11-15-10-16(21)4-5-17(15)26-3/h4-5,10,12H,6-9,11H2,1-3H3. The Morgan fingerprint density at radius 1 is 1.15 bits per heavy atom. The van der Waals surface area contributed by atoms with E-state index < -0.39 is 0 Å². The maximum atomic E-state index is 13.6. The molecular formula is C20H23FN4OS. The van der Waals surface area contributed by atoms with Crippen molar-refractivity contribution in [3.63, 3.8) is 0 Å². The summed E-state index contributed by atoms with van der Waals surface area (Å²) < 4.78 is 19.0. The summed E-state index contributed by atoms with van der Waals surface area (Å²) in [5.41, 5.74) is 2.16. The number of benzene rings is 1. The Kier molecular flexibility index (Phi) is 4.97. The number of aryl methyl sites for hydroxylation is 2. The zero-order chi connectivity index (χ0) is 19.0. The van der Waals surface area contributed by atoms with Gasteiger partial charge in [-0.3, -0.25) is 4.90 Å². The van der Waals surface area contributed by atoms with Crippen molar-refractivity contribution < 1.29 is 9.13 Å². The Labute approximate surface area is 162 Å². The van der Waals surface area contributed by atoms with Gasteiger partial charge in [-0.05, 0) is 37.6 Å². The molecule has 1 saturated heterocycles. The lowest BCUT2D eigenvalue weighted by Crippen LogP contribution is -2.46. The molecule has 0 unspecified atom stereocenters. The topological polar surface area (TPSA) is 41.5 Å². The van der Waals surface area contributed by atoms with Gasteiger partial charge < -0.3 is 9.64 Å².